The first-order chi connectivity index (χ1) is 11.5. The van der Waals surface area contributed by atoms with E-state index in [2.05, 4.69) is 10.6 Å². The molecule has 2 N–H and O–H groups in total. The summed E-state index contributed by atoms with van der Waals surface area (Å²) in [6, 6.07) is 11.1. The Balaban J connectivity index is 2.03. The molecule has 0 fully saturated rings. The van der Waals surface area contributed by atoms with E-state index in [1.54, 1.807) is 44.4 Å². The van der Waals surface area contributed by atoms with Gasteiger partial charge < -0.3 is 20.1 Å². The van der Waals surface area contributed by atoms with E-state index in [9.17, 15) is 9.59 Å². The van der Waals surface area contributed by atoms with Gasteiger partial charge in [0.05, 0.1) is 24.3 Å². The molecule has 0 aliphatic carbocycles. The van der Waals surface area contributed by atoms with E-state index in [1.165, 1.54) is 12.1 Å². The summed E-state index contributed by atoms with van der Waals surface area (Å²) in [7, 11) is 1.55. The van der Waals surface area contributed by atoms with Crippen LogP contribution in [0.25, 0.3) is 0 Å². The normalized spacial score (nSPS) is 9.96. The Morgan fingerprint density at radius 1 is 1.08 bits per heavy atom. The van der Waals surface area contributed by atoms with Gasteiger partial charge in [0.25, 0.3) is 0 Å². The summed E-state index contributed by atoms with van der Waals surface area (Å²) in [5.41, 5.74) is 1.28. The van der Waals surface area contributed by atoms with Crippen LogP contribution >= 0.6 is 11.6 Å². The number of hydrogen-bond donors (Lipinski definition) is 2. The Bertz CT molecular complexity index is 749. The summed E-state index contributed by atoms with van der Waals surface area (Å²) in [5.74, 6) is 0.129. The molecule has 2 aromatic carbocycles. The van der Waals surface area contributed by atoms with Crippen molar-refractivity contribution in [3.8, 4) is 5.75 Å². The predicted molar refractivity (Wildman–Crippen MR) is 93.0 cm³/mol. The van der Waals surface area contributed by atoms with Crippen molar-refractivity contribution in [2.24, 2.45) is 0 Å². The zero-order valence-electron chi connectivity index (χ0n) is 13.3. The zero-order valence-corrected chi connectivity index (χ0v) is 14.0. The minimum Gasteiger partial charge on any atom is -0.497 e. The standard InChI is InChI=1S/C17H17ClN2O4/c1-3-24-16(21)14-8-7-12(10-15(14)18)20-17(22)19-11-5-4-6-13(9-11)23-2/h4-10H,3H2,1-2H3,(H2,19,20,22). The first kappa shape index (κ1) is 17.6. The average Bonchev–Trinajstić information content (AvgIpc) is 2.55. The molecule has 0 saturated carbocycles. The molecule has 0 saturated heterocycles. The molecular weight excluding hydrogens is 332 g/mol. The number of carbonyl (C=O) groups excluding carboxylic acids is 2. The van der Waals surface area contributed by atoms with Crippen molar-refractivity contribution in [3.63, 3.8) is 0 Å². The van der Waals surface area contributed by atoms with Crippen molar-refractivity contribution in [1.29, 1.82) is 0 Å². The van der Waals surface area contributed by atoms with Gasteiger partial charge in [0, 0.05) is 17.4 Å². The molecule has 7 heteroatoms. The van der Waals surface area contributed by atoms with Crippen molar-refractivity contribution in [2.45, 2.75) is 6.92 Å². The number of hydrogen-bond acceptors (Lipinski definition) is 4. The molecule has 24 heavy (non-hydrogen) atoms. The molecule has 0 radical (unpaired) electrons. The van der Waals surface area contributed by atoms with Gasteiger partial charge in [0.2, 0.25) is 0 Å². The monoisotopic (exact) mass is 348 g/mol. The van der Waals surface area contributed by atoms with Crippen LogP contribution in [0.2, 0.25) is 5.02 Å². The fraction of sp³-hybridized carbons (Fsp3) is 0.176. The number of anilines is 2. The molecule has 126 valence electrons. The van der Waals surface area contributed by atoms with Crippen LogP contribution < -0.4 is 15.4 Å². The maximum Gasteiger partial charge on any atom is 0.339 e. The first-order valence-corrected chi connectivity index (χ1v) is 7.60. The minimum absolute atomic E-state index is 0.202. The lowest BCUT2D eigenvalue weighted by Gasteiger charge is -2.10. The van der Waals surface area contributed by atoms with Gasteiger partial charge in [-0.05, 0) is 37.3 Å². The van der Waals surface area contributed by atoms with Crippen molar-refractivity contribution in [3.05, 3.63) is 53.1 Å². The predicted octanol–water partition coefficient (Wildman–Crippen LogP) is 4.17. The highest BCUT2D eigenvalue weighted by atomic mass is 35.5. The Morgan fingerprint density at radius 2 is 1.79 bits per heavy atom. The number of amides is 2. The summed E-state index contributed by atoms with van der Waals surface area (Å²) in [6.07, 6.45) is 0. The van der Waals surface area contributed by atoms with E-state index in [0.29, 0.717) is 17.1 Å². The van der Waals surface area contributed by atoms with Gasteiger partial charge in [-0.3, -0.25) is 0 Å². The number of ether oxygens (including phenoxy) is 2. The zero-order chi connectivity index (χ0) is 17.5. The van der Waals surface area contributed by atoms with Crippen LogP contribution in [-0.4, -0.2) is 25.7 Å². The molecule has 2 amide bonds. The number of methoxy groups -OCH3 is 1. The molecule has 0 aliphatic rings. The maximum atomic E-state index is 12.0. The van der Waals surface area contributed by atoms with Crippen molar-refractivity contribution >= 4 is 35.0 Å². The third-order valence-corrected chi connectivity index (χ3v) is 3.36. The van der Waals surface area contributed by atoms with E-state index < -0.39 is 12.0 Å². The fourth-order valence-corrected chi connectivity index (χ4v) is 2.22. The van der Waals surface area contributed by atoms with Crippen LogP contribution in [0.1, 0.15) is 17.3 Å². The Hall–Kier alpha value is -2.73. The number of nitrogens with one attached hydrogen (secondary N) is 2. The largest absolute Gasteiger partial charge is 0.497 e. The molecule has 0 aliphatic heterocycles. The van der Waals surface area contributed by atoms with E-state index in [0.717, 1.165) is 0 Å². The lowest BCUT2D eigenvalue weighted by Crippen LogP contribution is -2.19. The summed E-state index contributed by atoms with van der Waals surface area (Å²) in [6.45, 7) is 1.97. The van der Waals surface area contributed by atoms with Crippen LogP contribution in [0.15, 0.2) is 42.5 Å². The van der Waals surface area contributed by atoms with Gasteiger partial charge >= 0.3 is 12.0 Å². The van der Waals surface area contributed by atoms with Crippen LogP contribution in [0.4, 0.5) is 16.2 Å². The van der Waals surface area contributed by atoms with Gasteiger partial charge in [-0.2, -0.15) is 0 Å². The molecular formula is C17H17ClN2O4. The molecule has 2 aromatic rings. The van der Waals surface area contributed by atoms with Gasteiger partial charge in [-0.15, -0.1) is 0 Å². The smallest absolute Gasteiger partial charge is 0.339 e. The molecule has 0 unspecified atom stereocenters. The van der Waals surface area contributed by atoms with Crippen molar-refractivity contribution in [1.82, 2.24) is 0 Å². The van der Waals surface area contributed by atoms with Crippen LogP contribution in [0, 0.1) is 0 Å². The molecule has 0 bridgehead atoms. The second kappa shape index (κ2) is 8.21. The SMILES string of the molecule is CCOC(=O)c1ccc(NC(=O)Nc2cccc(OC)c2)cc1Cl. The topological polar surface area (TPSA) is 76.7 Å². The second-order valence-corrected chi connectivity index (χ2v) is 5.13. The van der Waals surface area contributed by atoms with Crippen LogP contribution in [-0.2, 0) is 4.74 Å². The van der Waals surface area contributed by atoms with Gasteiger partial charge in [0.1, 0.15) is 5.75 Å². The number of halogens is 1. The Kier molecular flexibility index (Phi) is 6.03. The molecule has 0 aromatic heterocycles. The fourth-order valence-electron chi connectivity index (χ4n) is 1.96. The number of rotatable bonds is 5. The van der Waals surface area contributed by atoms with Crippen LogP contribution in [0.3, 0.4) is 0 Å². The minimum atomic E-state index is -0.505. The summed E-state index contributed by atoms with van der Waals surface area (Å²) >= 11 is 6.05. The van der Waals surface area contributed by atoms with E-state index in [-0.39, 0.29) is 17.2 Å². The summed E-state index contributed by atoms with van der Waals surface area (Å²) in [5, 5.41) is 5.52. The number of carbonyl (C=O) groups is 2. The molecule has 2 rings (SSSR count). The number of esters is 1. The molecule has 0 heterocycles. The average molecular weight is 349 g/mol. The van der Waals surface area contributed by atoms with E-state index >= 15 is 0 Å². The van der Waals surface area contributed by atoms with Crippen molar-refractivity contribution in [2.75, 3.05) is 24.4 Å². The lowest BCUT2D eigenvalue weighted by molar-refractivity contribution is 0.0526. The lowest BCUT2D eigenvalue weighted by atomic mass is 10.2. The summed E-state index contributed by atoms with van der Waals surface area (Å²) < 4.78 is 9.99. The Morgan fingerprint density at radius 3 is 2.42 bits per heavy atom. The number of urea groups is 1. The second-order valence-electron chi connectivity index (χ2n) is 4.73. The maximum absolute atomic E-state index is 12.0. The highest BCUT2D eigenvalue weighted by Gasteiger charge is 2.12. The van der Waals surface area contributed by atoms with Gasteiger partial charge in [0.15, 0.2) is 0 Å². The Labute approximate surface area is 144 Å². The van der Waals surface area contributed by atoms with E-state index in [1.807, 2.05) is 0 Å². The molecule has 0 atom stereocenters. The van der Waals surface area contributed by atoms with E-state index in [4.69, 9.17) is 21.1 Å². The molecule has 6 nitrogen and oxygen atoms in total. The highest BCUT2D eigenvalue weighted by molar-refractivity contribution is 6.34. The van der Waals surface area contributed by atoms with Crippen LogP contribution in [0.5, 0.6) is 5.75 Å². The van der Waals surface area contributed by atoms with Crippen molar-refractivity contribution < 1.29 is 19.1 Å². The first-order valence-electron chi connectivity index (χ1n) is 7.22. The third-order valence-electron chi connectivity index (χ3n) is 3.05. The van der Waals surface area contributed by atoms with Gasteiger partial charge in [-0.1, -0.05) is 17.7 Å². The molecule has 0 spiro atoms. The van der Waals surface area contributed by atoms with Gasteiger partial charge in [-0.25, -0.2) is 9.59 Å². The quantitative estimate of drug-likeness (QED) is 0.795. The third kappa shape index (κ3) is 4.63. The highest BCUT2D eigenvalue weighted by Crippen LogP contribution is 2.22. The summed E-state index contributed by atoms with van der Waals surface area (Å²) in [4.78, 5) is 23.7. The number of benzene rings is 2.